The van der Waals surface area contributed by atoms with Crippen LogP contribution in [-0.4, -0.2) is 56.6 Å². The lowest BCUT2D eigenvalue weighted by atomic mass is 10.0. The number of benzene rings is 3. The third-order valence-electron chi connectivity index (χ3n) is 6.72. The molecule has 0 saturated carbocycles. The van der Waals surface area contributed by atoms with Crippen LogP contribution in [0.5, 0.6) is 5.75 Å². The van der Waals surface area contributed by atoms with Crippen molar-refractivity contribution in [2.75, 3.05) is 23.7 Å². The van der Waals surface area contributed by atoms with Crippen LogP contribution in [0.4, 0.5) is 5.69 Å². The van der Waals surface area contributed by atoms with Gasteiger partial charge in [0.25, 0.3) is 0 Å². The first-order valence-electron chi connectivity index (χ1n) is 13.7. The second kappa shape index (κ2) is 15.3. The van der Waals surface area contributed by atoms with Crippen molar-refractivity contribution in [2.24, 2.45) is 0 Å². The molecule has 2 amide bonds. The highest BCUT2D eigenvalue weighted by Crippen LogP contribution is 2.30. The maximum absolute atomic E-state index is 14.2. The Morgan fingerprint density at radius 3 is 2.21 bits per heavy atom. The molecule has 0 aromatic heterocycles. The van der Waals surface area contributed by atoms with Gasteiger partial charge in [-0.05, 0) is 55.7 Å². The van der Waals surface area contributed by atoms with E-state index in [0.717, 1.165) is 16.1 Å². The summed E-state index contributed by atoms with van der Waals surface area (Å²) in [6.07, 6.45) is 1.94. The van der Waals surface area contributed by atoms with E-state index in [1.807, 2.05) is 44.2 Å². The molecule has 8 nitrogen and oxygen atoms in total. The van der Waals surface area contributed by atoms with Gasteiger partial charge in [0, 0.05) is 19.0 Å². The highest BCUT2D eigenvalue weighted by Gasteiger charge is 2.34. The van der Waals surface area contributed by atoms with Crippen LogP contribution < -0.4 is 14.4 Å². The Morgan fingerprint density at radius 1 is 0.929 bits per heavy atom. The molecule has 0 saturated heterocycles. The van der Waals surface area contributed by atoms with Crippen molar-refractivity contribution in [2.45, 2.75) is 52.2 Å². The number of rotatable bonds is 14. The zero-order valence-electron chi connectivity index (χ0n) is 24.2. The molecule has 1 N–H and O–H groups in total. The minimum Gasteiger partial charge on any atom is -0.492 e. The van der Waals surface area contributed by atoms with E-state index in [-0.39, 0.29) is 30.6 Å². The highest BCUT2D eigenvalue weighted by molar-refractivity contribution is 7.92. The summed E-state index contributed by atoms with van der Waals surface area (Å²) in [5.74, 6) is -0.593. The third-order valence-corrected chi connectivity index (χ3v) is 8.59. The van der Waals surface area contributed by atoms with Gasteiger partial charge in [-0.2, -0.15) is 0 Å². The fraction of sp³-hybridized carbons (Fsp3) is 0.355. The molecule has 2 atom stereocenters. The number of carbonyl (C=O) groups excluding carboxylic acids is 2. The minimum atomic E-state index is -3.93. The lowest BCUT2D eigenvalue weighted by Gasteiger charge is -2.34. The van der Waals surface area contributed by atoms with Crippen molar-refractivity contribution in [1.29, 1.82) is 0 Å². The van der Waals surface area contributed by atoms with Gasteiger partial charge in [-0.1, -0.05) is 78.7 Å². The zero-order chi connectivity index (χ0) is 30.9. The number of halogens is 2. The zero-order valence-corrected chi connectivity index (χ0v) is 26.5. The molecular weight excluding hydrogens is 597 g/mol. The Kier molecular flexibility index (Phi) is 12.1. The molecule has 0 aliphatic rings. The van der Waals surface area contributed by atoms with Crippen LogP contribution in [0.15, 0.2) is 72.8 Å². The Hall–Kier alpha value is -3.27. The number of ether oxygens (including phenoxy) is 1. The van der Waals surface area contributed by atoms with Crippen LogP contribution >= 0.6 is 23.2 Å². The summed E-state index contributed by atoms with van der Waals surface area (Å²) in [6.45, 7) is 5.38. The van der Waals surface area contributed by atoms with Gasteiger partial charge in [-0.15, -0.1) is 0 Å². The molecule has 3 aromatic rings. The van der Waals surface area contributed by atoms with E-state index in [9.17, 15) is 18.0 Å². The molecule has 11 heteroatoms. The molecule has 0 spiro atoms. The maximum atomic E-state index is 14.2. The van der Waals surface area contributed by atoms with E-state index in [0.29, 0.717) is 34.4 Å². The molecular formula is C31H37Cl2N3O5S. The van der Waals surface area contributed by atoms with Gasteiger partial charge in [0.1, 0.15) is 18.3 Å². The summed E-state index contributed by atoms with van der Waals surface area (Å²) < 4.78 is 32.8. The van der Waals surface area contributed by atoms with Crippen LogP contribution in [-0.2, 0) is 32.6 Å². The molecule has 0 aliphatic carbocycles. The molecule has 0 aliphatic heterocycles. The van der Waals surface area contributed by atoms with Crippen molar-refractivity contribution in [1.82, 2.24) is 10.2 Å². The number of hydrogen-bond donors (Lipinski definition) is 1. The quantitative estimate of drug-likeness (QED) is 0.245. The van der Waals surface area contributed by atoms with E-state index >= 15 is 0 Å². The number of carbonyl (C=O) groups is 2. The molecule has 0 unspecified atom stereocenters. The smallest absolute Gasteiger partial charge is 0.244 e. The van der Waals surface area contributed by atoms with Gasteiger partial charge in [-0.25, -0.2) is 8.42 Å². The predicted molar refractivity (Wildman–Crippen MR) is 169 cm³/mol. The molecule has 0 bridgehead atoms. The summed E-state index contributed by atoms with van der Waals surface area (Å²) in [7, 11) is -3.93. The van der Waals surface area contributed by atoms with E-state index in [1.165, 1.54) is 4.90 Å². The predicted octanol–water partition coefficient (Wildman–Crippen LogP) is 5.71. The summed E-state index contributed by atoms with van der Waals surface area (Å²) >= 11 is 12.4. The summed E-state index contributed by atoms with van der Waals surface area (Å²) in [4.78, 5) is 29.4. The van der Waals surface area contributed by atoms with E-state index in [2.05, 4.69) is 5.32 Å². The number of sulfonamides is 1. The summed E-state index contributed by atoms with van der Waals surface area (Å²) in [5.41, 5.74) is 1.71. The average molecular weight is 635 g/mol. The van der Waals surface area contributed by atoms with Gasteiger partial charge < -0.3 is 15.0 Å². The molecule has 0 heterocycles. The van der Waals surface area contributed by atoms with Crippen LogP contribution in [0.2, 0.25) is 10.0 Å². The number of nitrogens with zero attached hydrogens (tertiary/aromatic N) is 2. The Bertz CT molecular complexity index is 1470. The summed E-state index contributed by atoms with van der Waals surface area (Å²) in [6, 6.07) is 19.9. The maximum Gasteiger partial charge on any atom is 0.244 e. The minimum absolute atomic E-state index is 0.00808. The number of para-hydroxylation sites is 2. The monoisotopic (exact) mass is 633 g/mol. The molecule has 42 heavy (non-hydrogen) atoms. The molecule has 0 radical (unpaired) electrons. The molecule has 3 rings (SSSR count). The second-order valence-corrected chi connectivity index (χ2v) is 12.7. The van der Waals surface area contributed by atoms with Crippen LogP contribution in [0.3, 0.4) is 0 Å². The first-order chi connectivity index (χ1) is 19.9. The topological polar surface area (TPSA) is 96.0 Å². The number of hydrogen-bond acceptors (Lipinski definition) is 5. The number of anilines is 1. The van der Waals surface area contributed by atoms with E-state index in [1.54, 1.807) is 49.4 Å². The van der Waals surface area contributed by atoms with Gasteiger partial charge in [0.15, 0.2) is 0 Å². The first kappa shape index (κ1) is 33.2. The largest absolute Gasteiger partial charge is 0.492 e. The van der Waals surface area contributed by atoms with Gasteiger partial charge in [-0.3, -0.25) is 13.9 Å². The standard InChI is InChI=1S/C31H37Cl2N3O5S/c1-5-22(3)34-31(38)28(19-23-12-8-7-9-13-23)35(20-24-16-17-25(32)26(33)18-24)30(37)21-36(42(4,39)40)27-14-10-11-15-29(27)41-6-2/h7-18,22,28H,5-6,19-21H2,1-4H3,(H,34,38)/t22-,28-/m1/s1. The van der Waals surface area contributed by atoms with E-state index < -0.39 is 28.5 Å². The van der Waals surface area contributed by atoms with Crippen molar-refractivity contribution in [3.8, 4) is 5.75 Å². The molecule has 0 fully saturated rings. The SMILES string of the molecule is CCOc1ccccc1N(CC(=O)N(Cc1ccc(Cl)c(Cl)c1)[C@H](Cc1ccccc1)C(=O)N[C@H](C)CC)S(C)(=O)=O. The fourth-order valence-corrected chi connectivity index (χ4v) is 5.54. The van der Waals surface area contributed by atoms with Crippen LogP contribution in [0.25, 0.3) is 0 Å². The number of nitrogens with one attached hydrogen (secondary N) is 1. The van der Waals surface area contributed by atoms with Gasteiger partial charge in [0.2, 0.25) is 21.8 Å². The van der Waals surface area contributed by atoms with E-state index in [4.69, 9.17) is 27.9 Å². The fourth-order valence-electron chi connectivity index (χ4n) is 4.37. The molecule has 226 valence electrons. The van der Waals surface area contributed by atoms with Crippen LogP contribution in [0.1, 0.15) is 38.3 Å². The van der Waals surface area contributed by atoms with Gasteiger partial charge >= 0.3 is 0 Å². The van der Waals surface area contributed by atoms with Gasteiger partial charge in [0.05, 0.1) is 28.6 Å². The normalized spacial score (nSPS) is 12.7. The Balaban J connectivity index is 2.10. The third kappa shape index (κ3) is 9.11. The highest BCUT2D eigenvalue weighted by atomic mass is 35.5. The van der Waals surface area contributed by atoms with Crippen LogP contribution in [0, 0.1) is 0 Å². The lowest BCUT2D eigenvalue weighted by molar-refractivity contribution is -0.140. The number of amides is 2. The second-order valence-electron chi connectivity index (χ2n) is 9.96. The lowest BCUT2D eigenvalue weighted by Crippen LogP contribution is -2.54. The van der Waals surface area contributed by atoms with Crippen molar-refractivity contribution in [3.05, 3.63) is 94.0 Å². The summed E-state index contributed by atoms with van der Waals surface area (Å²) in [5, 5.41) is 3.65. The average Bonchev–Trinajstić information content (AvgIpc) is 2.95. The Morgan fingerprint density at radius 2 is 1.60 bits per heavy atom. The Labute approximate surface area is 258 Å². The van der Waals surface area contributed by atoms with Crippen molar-refractivity contribution in [3.63, 3.8) is 0 Å². The molecule has 3 aromatic carbocycles. The van der Waals surface area contributed by atoms with Crippen molar-refractivity contribution < 1.29 is 22.7 Å². The van der Waals surface area contributed by atoms with Crippen molar-refractivity contribution >= 4 is 50.7 Å². The first-order valence-corrected chi connectivity index (χ1v) is 16.3.